The highest BCUT2D eigenvalue weighted by molar-refractivity contribution is 6.36. The summed E-state index contributed by atoms with van der Waals surface area (Å²) in [5, 5.41) is 1.02. The number of carbonyl (C=O) groups is 1. The highest BCUT2D eigenvalue weighted by Crippen LogP contribution is 2.30. The van der Waals surface area contributed by atoms with Crippen LogP contribution in [0.25, 0.3) is 34.5 Å². The zero-order chi connectivity index (χ0) is 28.2. The minimum Gasteiger partial charge on any atom is -0.465 e. The van der Waals surface area contributed by atoms with Gasteiger partial charge in [0.1, 0.15) is 5.82 Å². The molecule has 0 saturated carbocycles. The van der Waals surface area contributed by atoms with Crippen LogP contribution < -0.4 is 0 Å². The van der Waals surface area contributed by atoms with E-state index in [0.29, 0.717) is 39.2 Å². The third kappa shape index (κ3) is 6.14. The first-order valence-electron chi connectivity index (χ1n) is 12.2. The number of ether oxygens (including phenoxy) is 1. The van der Waals surface area contributed by atoms with Crippen LogP contribution in [0.1, 0.15) is 27.3 Å². The van der Waals surface area contributed by atoms with E-state index in [9.17, 15) is 13.6 Å². The van der Waals surface area contributed by atoms with Crippen LogP contribution in [0.4, 0.5) is 8.78 Å². The van der Waals surface area contributed by atoms with Gasteiger partial charge in [0.15, 0.2) is 11.6 Å². The topological polar surface area (TPSA) is 44.1 Å². The number of halogens is 4. The van der Waals surface area contributed by atoms with Crippen molar-refractivity contribution in [3.63, 3.8) is 0 Å². The Morgan fingerprint density at radius 1 is 0.875 bits per heavy atom. The molecule has 0 aliphatic rings. The fraction of sp³-hybridized carbons (Fsp3) is 0.0625. The van der Waals surface area contributed by atoms with Crippen LogP contribution in [0.3, 0.4) is 0 Å². The summed E-state index contributed by atoms with van der Waals surface area (Å²) in [7, 11) is 1.35. The Hall–Kier alpha value is -4.26. The Morgan fingerprint density at radius 2 is 1.60 bits per heavy atom. The fourth-order valence-electron chi connectivity index (χ4n) is 4.21. The maximum Gasteiger partial charge on any atom is 0.337 e. The summed E-state index contributed by atoms with van der Waals surface area (Å²) in [5.74, 6) is -1.47. The van der Waals surface area contributed by atoms with Gasteiger partial charge in [-0.15, -0.1) is 0 Å². The van der Waals surface area contributed by atoms with Crippen molar-refractivity contribution in [3.05, 3.63) is 135 Å². The maximum absolute atomic E-state index is 13.7. The molecule has 0 N–H and O–H groups in total. The molecule has 8 heteroatoms. The molecule has 0 bridgehead atoms. The largest absolute Gasteiger partial charge is 0.465 e. The molecule has 4 aromatic carbocycles. The molecule has 5 aromatic rings. The zero-order valence-electron chi connectivity index (χ0n) is 21.2. The summed E-state index contributed by atoms with van der Waals surface area (Å²) in [5.41, 5.74) is 5.12. The molecule has 4 nitrogen and oxygen atoms in total. The molecule has 40 heavy (non-hydrogen) atoms. The lowest BCUT2D eigenvalue weighted by atomic mass is 10.0. The summed E-state index contributed by atoms with van der Waals surface area (Å²) in [6, 6.07) is 23.8. The van der Waals surface area contributed by atoms with Gasteiger partial charge in [-0.05, 0) is 70.8 Å². The van der Waals surface area contributed by atoms with Crippen LogP contribution >= 0.6 is 23.2 Å². The van der Waals surface area contributed by atoms with Crippen molar-refractivity contribution in [1.82, 2.24) is 9.55 Å². The highest BCUT2D eigenvalue weighted by atomic mass is 35.5. The molecule has 200 valence electrons. The highest BCUT2D eigenvalue weighted by Gasteiger charge is 2.13. The lowest BCUT2D eigenvalue weighted by Crippen LogP contribution is -2.03. The maximum atomic E-state index is 13.7. The third-order valence-electron chi connectivity index (χ3n) is 6.33. The van der Waals surface area contributed by atoms with Crippen LogP contribution in [-0.2, 0) is 11.3 Å². The number of carbonyl (C=O) groups excluding carboxylic acids is 1. The molecule has 0 atom stereocenters. The fourth-order valence-corrected chi connectivity index (χ4v) is 4.72. The van der Waals surface area contributed by atoms with Gasteiger partial charge in [0, 0.05) is 23.3 Å². The minimum atomic E-state index is -0.884. The Morgan fingerprint density at radius 3 is 2.27 bits per heavy atom. The van der Waals surface area contributed by atoms with Crippen LogP contribution in [0.5, 0.6) is 0 Å². The van der Waals surface area contributed by atoms with Crippen LogP contribution in [0.2, 0.25) is 10.0 Å². The lowest BCUT2D eigenvalue weighted by molar-refractivity contribution is 0.0600. The predicted octanol–water partition coefficient (Wildman–Crippen LogP) is 8.81. The number of hydrogen-bond donors (Lipinski definition) is 0. The lowest BCUT2D eigenvalue weighted by Gasteiger charge is -2.07. The molecule has 0 unspecified atom stereocenters. The Balaban J connectivity index is 1.45. The first-order valence-corrected chi connectivity index (χ1v) is 13.0. The summed E-state index contributed by atoms with van der Waals surface area (Å²) >= 11 is 12.6. The first-order chi connectivity index (χ1) is 19.3. The second kappa shape index (κ2) is 11.9. The molecule has 0 aliphatic heterocycles. The van der Waals surface area contributed by atoms with Crippen LogP contribution in [-0.4, -0.2) is 22.6 Å². The molecular weight excluding hydrogens is 553 g/mol. The van der Waals surface area contributed by atoms with Gasteiger partial charge in [0.25, 0.3) is 0 Å². The second-order valence-electron chi connectivity index (χ2n) is 9.01. The zero-order valence-corrected chi connectivity index (χ0v) is 22.8. The van der Waals surface area contributed by atoms with Gasteiger partial charge in [0.2, 0.25) is 0 Å². The molecule has 5 rings (SSSR count). The van der Waals surface area contributed by atoms with E-state index in [1.807, 2.05) is 65.4 Å². The average molecular weight is 575 g/mol. The van der Waals surface area contributed by atoms with Gasteiger partial charge in [0.05, 0.1) is 23.4 Å². The van der Waals surface area contributed by atoms with Crippen LogP contribution in [0, 0.1) is 11.6 Å². The molecule has 0 spiro atoms. The summed E-state index contributed by atoms with van der Waals surface area (Å²) in [6.45, 7) is 0.494. The summed E-state index contributed by atoms with van der Waals surface area (Å²) in [4.78, 5) is 16.6. The van der Waals surface area contributed by atoms with Gasteiger partial charge >= 0.3 is 5.97 Å². The summed E-state index contributed by atoms with van der Waals surface area (Å²) < 4.78 is 33.7. The molecule has 0 saturated heterocycles. The van der Waals surface area contributed by atoms with Gasteiger partial charge < -0.3 is 9.30 Å². The number of hydrogen-bond acceptors (Lipinski definition) is 3. The number of esters is 1. The van der Waals surface area contributed by atoms with Gasteiger partial charge in [-0.25, -0.2) is 18.6 Å². The van der Waals surface area contributed by atoms with E-state index < -0.39 is 17.6 Å². The van der Waals surface area contributed by atoms with Crippen molar-refractivity contribution >= 4 is 41.3 Å². The van der Waals surface area contributed by atoms with E-state index >= 15 is 0 Å². The van der Waals surface area contributed by atoms with Gasteiger partial charge in [-0.1, -0.05) is 71.7 Å². The third-order valence-corrected chi connectivity index (χ3v) is 6.88. The van der Waals surface area contributed by atoms with Crippen molar-refractivity contribution in [3.8, 4) is 22.4 Å². The van der Waals surface area contributed by atoms with Crippen molar-refractivity contribution in [1.29, 1.82) is 0 Å². The molecule has 1 aromatic heterocycles. The summed E-state index contributed by atoms with van der Waals surface area (Å²) in [6.07, 6.45) is 5.72. The number of nitrogens with zero attached hydrogens (tertiary/aromatic N) is 2. The van der Waals surface area contributed by atoms with E-state index in [-0.39, 0.29) is 0 Å². The van der Waals surface area contributed by atoms with E-state index in [1.54, 1.807) is 30.3 Å². The van der Waals surface area contributed by atoms with Crippen molar-refractivity contribution < 1.29 is 18.3 Å². The first kappa shape index (κ1) is 27.3. The van der Waals surface area contributed by atoms with Gasteiger partial charge in [-0.3, -0.25) is 0 Å². The normalized spacial score (nSPS) is 11.2. The Labute approximate surface area is 240 Å². The molecule has 0 aliphatic carbocycles. The van der Waals surface area contributed by atoms with Crippen molar-refractivity contribution in [2.45, 2.75) is 6.54 Å². The van der Waals surface area contributed by atoms with E-state index in [0.717, 1.165) is 28.3 Å². The molecular formula is C32H22Cl2F2N2O2. The number of rotatable bonds is 7. The minimum absolute atomic E-state index is 0.395. The SMILES string of the molecule is COC(=O)c1ccc(Cn2cc(-c3ccc(Cl)cc3Cl)nc2C=Cc2ccc(-c3ccc(F)c(F)c3)cc2)cc1. The van der Waals surface area contributed by atoms with E-state index in [4.69, 9.17) is 32.9 Å². The smallest absolute Gasteiger partial charge is 0.337 e. The molecule has 0 amide bonds. The predicted molar refractivity (Wildman–Crippen MR) is 155 cm³/mol. The molecule has 0 radical (unpaired) electrons. The van der Waals surface area contributed by atoms with E-state index in [1.165, 1.54) is 13.2 Å². The Bertz CT molecular complexity index is 1710. The van der Waals surface area contributed by atoms with Crippen LogP contribution in [0.15, 0.2) is 91.1 Å². The van der Waals surface area contributed by atoms with Crippen molar-refractivity contribution in [2.24, 2.45) is 0 Å². The number of methoxy groups -OCH3 is 1. The van der Waals surface area contributed by atoms with Crippen molar-refractivity contribution in [2.75, 3.05) is 7.11 Å². The number of benzene rings is 4. The standard InChI is InChI=1S/C32H22Cl2F2N2O2/c1-40-32(39)23-9-4-21(5-10-23)18-38-19-30(26-13-12-25(33)17-27(26)34)37-31(38)15-6-20-2-7-22(8-3-20)24-11-14-28(35)29(36)16-24/h2-17,19H,18H2,1H3. The van der Waals surface area contributed by atoms with E-state index in [2.05, 4.69) is 0 Å². The Kier molecular flexibility index (Phi) is 8.10. The molecule has 1 heterocycles. The number of imidazole rings is 1. The van der Waals surface area contributed by atoms with Gasteiger partial charge in [-0.2, -0.15) is 0 Å². The molecule has 0 fully saturated rings. The monoisotopic (exact) mass is 574 g/mol. The quantitative estimate of drug-likeness (QED) is 0.182. The number of aromatic nitrogens is 2. The second-order valence-corrected chi connectivity index (χ2v) is 9.85. The average Bonchev–Trinajstić information content (AvgIpc) is 3.35.